The second-order valence-corrected chi connectivity index (χ2v) is 6.09. The Morgan fingerprint density at radius 3 is 2.56 bits per heavy atom. The van der Waals surface area contributed by atoms with Gasteiger partial charge in [0.1, 0.15) is 5.82 Å². The summed E-state index contributed by atoms with van der Waals surface area (Å²) in [7, 11) is 3.17. The quantitative estimate of drug-likeness (QED) is 0.644. The lowest BCUT2D eigenvalue weighted by Crippen LogP contribution is -2.31. The van der Waals surface area contributed by atoms with Crippen molar-refractivity contribution in [3.8, 4) is 11.5 Å². The Bertz CT molecular complexity index is 773. The first-order chi connectivity index (χ1) is 12.1. The molecule has 0 aromatic heterocycles. The molecule has 0 aliphatic heterocycles. The number of nitrogens with zero attached hydrogens (tertiary/aromatic N) is 1. The maximum atomic E-state index is 13.3. The fourth-order valence-corrected chi connectivity index (χ4v) is 3.02. The van der Waals surface area contributed by atoms with Gasteiger partial charge >= 0.3 is 0 Å². The van der Waals surface area contributed by atoms with E-state index < -0.39 is 0 Å². The fraction of sp³-hybridized carbons (Fsp3) is 0.316. The van der Waals surface area contributed by atoms with E-state index in [1.165, 1.54) is 6.07 Å². The molecule has 6 heteroatoms. The molecule has 1 fully saturated rings. The van der Waals surface area contributed by atoms with Gasteiger partial charge < -0.3 is 20.5 Å². The molecule has 0 amide bonds. The van der Waals surface area contributed by atoms with Crippen LogP contribution in [0.4, 0.5) is 10.1 Å². The van der Waals surface area contributed by atoms with E-state index >= 15 is 0 Å². The zero-order valence-corrected chi connectivity index (χ0v) is 14.3. The Morgan fingerprint density at radius 2 is 1.88 bits per heavy atom. The van der Waals surface area contributed by atoms with Gasteiger partial charge in [-0.2, -0.15) is 0 Å². The number of methoxy groups -OCH3 is 2. The summed E-state index contributed by atoms with van der Waals surface area (Å²) in [5, 5.41) is 3.06. The van der Waals surface area contributed by atoms with Crippen molar-refractivity contribution in [3.63, 3.8) is 0 Å². The highest BCUT2D eigenvalue weighted by atomic mass is 19.1. The van der Waals surface area contributed by atoms with Crippen LogP contribution in [0.2, 0.25) is 0 Å². The number of ether oxygens (including phenoxy) is 2. The molecule has 1 aliphatic rings. The minimum atomic E-state index is -0.195. The summed E-state index contributed by atoms with van der Waals surface area (Å²) in [6, 6.07) is 12.4. The Balaban J connectivity index is 1.58. The SMILES string of the molecule is COc1ccc(NC(N)=NC2CC(c3cccc(F)c3)C2)cc1OC. The maximum Gasteiger partial charge on any atom is 0.193 e. The van der Waals surface area contributed by atoms with Gasteiger partial charge in [0.05, 0.1) is 20.3 Å². The summed E-state index contributed by atoms with van der Waals surface area (Å²) >= 11 is 0. The molecule has 0 radical (unpaired) electrons. The molecule has 132 valence electrons. The van der Waals surface area contributed by atoms with Crippen LogP contribution in [0.1, 0.15) is 24.3 Å². The minimum absolute atomic E-state index is 0.154. The molecule has 0 heterocycles. The first-order valence-electron chi connectivity index (χ1n) is 8.17. The number of hydrogen-bond acceptors (Lipinski definition) is 3. The number of halogens is 1. The second-order valence-electron chi connectivity index (χ2n) is 6.09. The van der Waals surface area contributed by atoms with Gasteiger partial charge in [-0.25, -0.2) is 9.38 Å². The standard InChI is InChI=1S/C19H22FN3O2/c1-24-17-7-6-15(11-18(17)25-2)22-19(21)23-16-9-13(10-16)12-4-3-5-14(20)8-12/h3-8,11,13,16H,9-10H2,1-2H3,(H3,21,22,23). The molecular weight excluding hydrogens is 321 g/mol. The molecule has 0 bridgehead atoms. The Hall–Kier alpha value is -2.76. The van der Waals surface area contributed by atoms with Crippen molar-refractivity contribution in [2.24, 2.45) is 10.7 Å². The van der Waals surface area contributed by atoms with E-state index in [0.717, 1.165) is 24.1 Å². The number of hydrogen-bond donors (Lipinski definition) is 2. The molecule has 0 saturated heterocycles. The number of rotatable bonds is 5. The van der Waals surface area contributed by atoms with E-state index in [1.54, 1.807) is 38.5 Å². The lowest BCUT2D eigenvalue weighted by atomic mass is 9.76. The first-order valence-corrected chi connectivity index (χ1v) is 8.17. The van der Waals surface area contributed by atoms with Crippen LogP contribution >= 0.6 is 0 Å². The molecule has 2 aromatic carbocycles. The maximum absolute atomic E-state index is 13.3. The van der Waals surface area contributed by atoms with Gasteiger partial charge in [0.15, 0.2) is 17.5 Å². The number of nitrogens with two attached hydrogens (primary N) is 1. The van der Waals surface area contributed by atoms with Gasteiger partial charge in [-0.15, -0.1) is 0 Å². The molecule has 2 aromatic rings. The molecule has 5 nitrogen and oxygen atoms in total. The van der Waals surface area contributed by atoms with Crippen LogP contribution in [0.15, 0.2) is 47.5 Å². The summed E-state index contributed by atoms with van der Waals surface area (Å²) in [6.45, 7) is 0. The second kappa shape index (κ2) is 7.42. The van der Waals surface area contributed by atoms with E-state index in [4.69, 9.17) is 15.2 Å². The zero-order valence-electron chi connectivity index (χ0n) is 14.3. The van der Waals surface area contributed by atoms with Crippen LogP contribution in [0, 0.1) is 5.82 Å². The third-order valence-electron chi connectivity index (χ3n) is 4.41. The van der Waals surface area contributed by atoms with Gasteiger partial charge in [-0.05, 0) is 48.6 Å². The molecule has 3 N–H and O–H groups in total. The van der Waals surface area contributed by atoms with Gasteiger partial charge in [-0.3, -0.25) is 0 Å². The van der Waals surface area contributed by atoms with Crippen molar-refractivity contribution in [2.75, 3.05) is 19.5 Å². The number of guanidine groups is 1. The smallest absolute Gasteiger partial charge is 0.193 e. The number of benzene rings is 2. The van der Waals surface area contributed by atoms with Crippen molar-refractivity contribution >= 4 is 11.6 Å². The van der Waals surface area contributed by atoms with E-state index in [1.807, 2.05) is 12.1 Å². The van der Waals surface area contributed by atoms with Gasteiger partial charge in [-0.1, -0.05) is 12.1 Å². The highest BCUT2D eigenvalue weighted by Crippen LogP contribution is 2.39. The van der Waals surface area contributed by atoms with Crippen molar-refractivity contribution in [2.45, 2.75) is 24.8 Å². The molecule has 0 spiro atoms. The summed E-state index contributed by atoms with van der Waals surface area (Å²) in [5.74, 6) is 1.78. The third kappa shape index (κ3) is 4.02. The normalized spacial score (nSPS) is 19.9. The summed E-state index contributed by atoms with van der Waals surface area (Å²) in [6.07, 6.45) is 1.75. The van der Waals surface area contributed by atoms with E-state index in [9.17, 15) is 4.39 Å². The predicted molar refractivity (Wildman–Crippen MR) is 97.0 cm³/mol. The molecule has 1 saturated carbocycles. The molecule has 25 heavy (non-hydrogen) atoms. The lowest BCUT2D eigenvalue weighted by Gasteiger charge is -2.33. The average Bonchev–Trinajstić information content (AvgIpc) is 2.57. The average molecular weight is 343 g/mol. The third-order valence-corrected chi connectivity index (χ3v) is 4.41. The molecule has 0 unspecified atom stereocenters. The van der Waals surface area contributed by atoms with Crippen molar-refractivity contribution in [1.82, 2.24) is 0 Å². The Morgan fingerprint density at radius 1 is 1.12 bits per heavy atom. The number of anilines is 1. The van der Waals surface area contributed by atoms with Crippen LogP contribution in [0.3, 0.4) is 0 Å². The Kier molecular flexibility index (Phi) is 5.07. The largest absolute Gasteiger partial charge is 0.493 e. The molecule has 3 rings (SSSR count). The fourth-order valence-electron chi connectivity index (χ4n) is 3.02. The van der Waals surface area contributed by atoms with E-state index in [-0.39, 0.29) is 11.9 Å². The van der Waals surface area contributed by atoms with Crippen LogP contribution in [0.5, 0.6) is 11.5 Å². The molecular formula is C19H22FN3O2. The van der Waals surface area contributed by atoms with Gasteiger partial charge in [0, 0.05) is 11.8 Å². The van der Waals surface area contributed by atoms with Crippen molar-refractivity contribution in [3.05, 3.63) is 53.8 Å². The topological polar surface area (TPSA) is 68.9 Å². The number of aliphatic imine (C=N–C) groups is 1. The van der Waals surface area contributed by atoms with Crippen molar-refractivity contribution < 1.29 is 13.9 Å². The zero-order chi connectivity index (χ0) is 17.8. The molecule has 1 aliphatic carbocycles. The van der Waals surface area contributed by atoms with Crippen LogP contribution in [0.25, 0.3) is 0 Å². The first kappa shape index (κ1) is 17.1. The van der Waals surface area contributed by atoms with Crippen LogP contribution in [-0.4, -0.2) is 26.2 Å². The van der Waals surface area contributed by atoms with Gasteiger partial charge in [0.2, 0.25) is 0 Å². The lowest BCUT2D eigenvalue weighted by molar-refractivity contribution is 0.352. The predicted octanol–water partition coefficient (Wildman–Crippen LogP) is 3.52. The highest BCUT2D eigenvalue weighted by molar-refractivity contribution is 5.92. The van der Waals surface area contributed by atoms with E-state index in [0.29, 0.717) is 23.4 Å². The van der Waals surface area contributed by atoms with Gasteiger partial charge in [0.25, 0.3) is 0 Å². The van der Waals surface area contributed by atoms with Crippen LogP contribution in [-0.2, 0) is 0 Å². The summed E-state index contributed by atoms with van der Waals surface area (Å²) < 4.78 is 23.8. The minimum Gasteiger partial charge on any atom is -0.493 e. The Labute approximate surface area is 146 Å². The van der Waals surface area contributed by atoms with Crippen molar-refractivity contribution in [1.29, 1.82) is 0 Å². The summed E-state index contributed by atoms with van der Waals surface area (Å²) in [4.78, 5) is 4.49. The summed E-state index contributed by atoms with van der Waals surface area (Å²) in [5.41, 5.74) is 7.80. The monoisotopic (exact) mass is 343 g/mol. The van der Waals surface area contributed by atoms with Crippen LogP contribution < -0.4 is 20.5 Å². The highest BCUT2D eigenvalue weighted by Gasteiger charge is 2.30. The van der Waals surface area contributed by atoms with E-state index in [2.05, 4.69) is 10.3 Å². The number of nitrogens with one attached hydrogen (secondary N) is 1. The molecule has 0 atom stereocenters.